The van der Waals surface area contributed by atoms with Gasteiger partial charge in [0.25, 0.3) is 0 Å². The van der Waals surface area contributed by atoms with Gasteiger partial charge in [0.15, 0.2) is 0 Å². The minimum atomic E-state index is -4.79. The molecule has 0 unspecified atom stereocenters. The highest BCUT2D eigenvalue weighted by atomic mass is 19.4. The summed E-state index contributed by atoms with van der Waals surface area (Å²) in [4.78, 5) is 8.85. The molecule has 0 bridgehead atoms. The molecule has 32 heavy (non-hydrogen) atoms. The van der Waals surface area contributed by atoms with E-state index >= 15 is 0 Å². The molecule has 0 aliphatic rings. The summed E-state index contributed by atoms with van der Waals surface area (Å²) in [6, 6.07) is 18.1. The van der Waals surface area contributed by atoms with Crippen molar-refractivity contribution in [3.63, 3.8) is 0 Å². The first-order valence-corrected chi connectivity index (χ1v) is 9.29. The molecule has 4 nitrogen and oxygen atoms in total. The van der Waals surface area contributed by atoms with Crippen LogP contribution in [0.25, 0.3) is 22.5 Å². The van der Waals surface area contributed by atoms with Crippen molar-refractivity contribution in [2.75, 3.05) is 5.32 Å². The standard InChI is InChI=1S/C23H14F5N3O/c24-16-5-1-14(2-6-16)20-13-21(15-3-7-17(25)8-4-15)31-22(30-20)29-18-9-11-19(12-10-18)32-23(26,27)28/h1-13H,(H,29,30,31). The zero-order valence-corrected chi connectivity index (χ0v) is 16.2. The highest BCUT2D eigenvalue weighted by Gasteiger charge is 2.30. The highest BCUT2D eigenvalue weighted by molar-refractivity contribution is 5.70. The number of halogens is 5. The largest absolute Gasteiger partial charge is 0.573 e. The molecule has 0 aliphatic heterocycles. The molecule has 0 saturated heterocycles. The Kier molecular flexibility index (Phi) is 5.72. The fourth-order valence-electron chi connectivity index (χ4n) is 2.91. The monoisotopic (exact) mass is 443 g/mol. The van der Waals surface area contributed by atoms with E-state index in [1.807, 2.05) is 0 Å². The third-order valence-electron chi connectivity index (χ3n) is 4.35. The van der Waals surface area contributed by atoms with E-state index in [9.17, 15) is 22.0 Å². The van der Waals surface area contributed by atoms with Gasteiger partial charge >= 0.3 is 6.36 Å². The molecule has 4 rings (SSSR count). The summed E-state index contributed by atoms with van der Waals surface area (Å²) in [5.41, 5.74) is 2.60. The molecule has 1 heterocycles. The van der Waals surface area contributed by atoms with E-state index in [2.05, 4.69) is 20.0 Å². The number of aromatic nitrogens is 2. The van der Waals surface area contributed by atoms with Gasteiger partial charge in [0.05, 0.1) is 11.4 Å². The maximum Gasteiger partial charge on any atom is 0.573 e. The molecule has 162 valence electrons. The fraction of sp³-hybridized carbons (Fsp3) is 0.0435. The quantitative estimate of drug-likeness (QED) is 0.348. The van der Waals surface area contributed by atoms with Crippen molar-refractivity contribution in [2.24, 2.45) is 0 Å². The summed E-state index contributed by atoms with van der Waals surface area (Å²) in [7, 11) is 0. The Morgan fingerprint density at radius 1 is 0.656 bits per heavy atom. The first-order valence-electron chi connectivity index (χ1n) is 9.29. The summed E-state index contributed by atoms with van der Waals surface area (Å²) in [6.45, 7) is 0. The van der Waals surface area contributed by atoms with Crippen LogP contribution in [0.5, 0.6) is 5.75 Å². The van der Waals surface area contributed by atoms with Gasteiger partial charge in [-0.15, -0.1) is 13.2 Å². The smallest absolute Gasteiger partial charge is 0.406 e. The molecule has 3 aromatic carbocycles. The second-order valence-electron chi connectivity index (χ2n) is 6.67. The van der Waals surface area contributed by atoms with Gasteiger partial charge in [-0.2, -0.15) is 0 Å². The van der Waals surface area contributed by atoms with Crippen molar-refractivity contribution in [2.45, 2.75) is 6.36 Å². The molecule has 4 aromatic rings. The van der Waals surface area contributed by atoms with Crippen LogP contribution >= 0.6 is 0 Å². The maximum atomic E-state index is 13.3. The third kappa shape index (κ3) is 5.37. The van der Waals surface area contributed by atoms with Gasteiger partial charge in [0, 0.05) is 16.8 Å². The lowest BCUT2D eigenvalue weighted by atomic mass is 10.1. The molecule has 1 N–H and O–H groups in total. The van der Waals surface area contributed by atoms with Gasteiger partial charge < -0.3 is 10.1 Å². The van der Waals surface area contributed by atoms with Gasteiger partial charge in [-0.25, -0.2) is 18.7 Å². The molecule has 0 radical (unpaired) electrons. The normalized spacial score (nSPS) is 11.3. The average Bonchev–Trinajstić information content (AvgIpc) is 2.75. The molecule has 1 aromatic heterocycles. The Labute approximate surface area is 179 Å². The zero-order chi connectivity index (χ0) is 22.7. The van der Waals surface area contributed by atoms with Crippen molar-refractivity contribution in [1.82, 2.24) is 9.97 Å². The predicted molar refractivity (Wildman–Crippen MR) is 109 cm³/mol. The number of hydrogen-bond donors (Lipinski definition) is 1. The first-order chi connectivity index (χ1) is 15.2. The van der Waals surface area contributed by atoms with Crippen LogP contribution in [0.1, 0.15) is 0 Å². The maximum absolute atomic E-state index is 13.3. The predicted octanol–water partition coefficient (Wildman–Crippen LogP) is 6.73. The van der Waals surface area contributed by atoms with Crippen LogP contribution in [0.15, 0.2) is 78.9 Å². The molecule has 0 amide bonds. The van der Waals surface area contributed by atoms with Crippen molar-refractivity contribution in [3.8, 4) is 28.3 Å². The summed E-state index contributed by atoms with van der Waals surface area (Å²) >= 11 is 0. The number of anilines is 2. The Morgan fingerprint density at radius 3 is 1.56 bits per heavy atom. The minimum absolute atomic E-state index is 0.149. The summed E-state index contributed by atoms with van der Waals surface area (Å²) in [5, 5.41) is 2.93. The van der Waals surface area contributed by atoms with Crippen LogP contribution in [-0.4, -0.2) is 16.3 Å². The van der Waals surface area contributed by atoms with Gasteiger partial charge in [-0.1, -0.05) is 0 Å². The van der Waals surface area contributed by atoms with Crippen molar-refractivity contribution >= 4 is 11.6 Å². The van der Waals surface area contributed by atoms with Crippen LogP contribution in [0, 0.1) is 11.6 Å². The topological polar surface area (TPSA) is 47.0 Å². The van der Waals surface area contributed by atoms with E-state index < -0.39 is 18.0 Å². The van der Waals surface area contributed by atoms with E-state index in [0.29, 0.717) is 28.2 Å². The van der Waals surface area contributed by atoms with E-state index in [-0.39, 0.29) is 11.7 Å². The average molecular weight is 443 g/mol. The summed E-state index contributed by atoms with van der Waals surface area (Å²) in [5.74, 6) is -1.02. The zero-order valence-electron chi connectivity index (χ0n) is 16.2. The Balaban J connectivity index is 1.69. The summed E-state index contributed by atoms with van der Waals surface area (Å²) in [6.07, 6.45) is -4.79. The number of alkyl halides is 3. The van der Waals surface area contributed by atoms with E-state index in [1.54, 1.807) is 30.3 Å². The van der Waals surface area contributed by atoms with Crippen molar-refractivity contribution in [3.05, 3.63) is 90.5 Å². The van der Waals surface area contributed by atoms with Gasteiger partial charge in [-0.3, -0.25) is 0 Å². The molecular weight excluding hydrogens is 429 g/mol. The lowest BCUT2D eigenvalue weighted by Crippen LogP contribution is -2.17. The SMILES string of the molecule is Fc1ccc(-c2cc(-c3ccc(F)cc3)nc(Nc3ccc(OC(F)(F)F)cc3)n2)cc1. The van der Waals surface area contributed by atoms with E-state index in [4.69, 9.17) is 0 Å². The fourth-order valence-corrected chi connectivity index (χ4v) is 2.91. The van der Waals surface area contributed by atoms with Gasteiger partial charge in [0.2, 0.25) is 5.95 Å². The lowest BCUT2D eigenvalue weighted by Gasteiger charge is -2.12. The van der Waals surface area contributed by atoms with Crippen LogP contribution < -0.4 is 10.1 Å². The molecule has 0 spiro atoms. The van der Waals surface area contributed by atoms with Gasteiger partial charge in [-0.05, 0) is 78.9 Å². The third-order valence-corrected chi connectivity index (χ3v) is 4.35. The van der Waals surface area contributed by atoms with E-state index in [0.717, 1.165) is 12.1 Å². The first kappa shape index (κ1) is 21.2. The number of benzene rings is 3. The van der Waals surface area contributed by atoms with Crippen LogP contribution in [0.3, 0.4) is 0 Å². The number of nitrogens with one attached hydrogen (secondary N) is 1. The highest BCUT2D eigenvalue weighted by Crippen LogP contribution is 2.28. The van der Waals surface area contributed by atoms with Crippen LogP contribution in [0.4, 0.5) is 33.6 Å². The molecular formula is C23H14F5N3O. The summed E-state index contributed by atoms with van der Waals surface area (Å²) < 4.78 is 67.5. The van der Waals surface area contributed by atoms with Gasteiger partial charge in [0.1, 0.15) is 17.4 Å². The number of ether oxygens (including phenoxy) is 1. The number of hydrogen-bond acceptors (Lipinski definition) is 4. The lowest BCUT2D eigenvalue weighted by molar-refractivity contribution is -0.274. The molecule has 9 heteroatoms. The second-order valence-corrected chi connectivity index (χ2v) is 6.67. The van der Waals surface area contributed by atoms with E-state index in [1.165, 1.54) is 36.4 Å². The Morgan fingerprint density at radius 2 is 1.12 bits per heavy atom. The molecule has 0 fully saturated rings. The molecule has 0 aliphatic carbocycles. The van der Waals surface area contributed by atoms with Crippen LogP contribution in [0.2, 0.25) is 0 Å². The Bertz CT molecular complexity index is 1140. The van der Waals surface area contributed by atoms with Crippen LogP contribution in [-0.2, 0) is 0 Å². The van der Waals surface area contributed by atoms with Crippen molar-refractivity contribution in [1.29, 1.82) is 0 Å². The number of rotatable bonds is 5. The number of nitrogens with zero attached hydrogens (tertiary/aromatic N) is 2. The molecule has 0 atom stereocenters. The minimum Gasteiger partial charge on any atom is -0.406 e. The Hall–Kier alpha value is -4.01. The second kappa shape index (κ2) is 8.62. The molecule has 0 saturated carbocycles. The van der Waals surface area contributed by atoms with Crippen molar-refractivity contribution < 1.29 is 26.7 Å².